The fourth-order valence-electron chi connectivity index (χ4n) is 2.24. The van der Waals surface area contributed by atoms with Gasteiger partial charge in [0, 0.05) is 0 Å². The maximum absolute atomic E-state index is 11.3. The van der Waals surface area contributed by atoms with Crippen LogP contribution in [0.1, 0.15) is 78.1 Å². The van der Waals surface area contributed by atoms with Gasteiger partial charge in [0.15, 0.2) is 0 Å². The third kappa shape index (κ3) is 10.3. The smallest absolute Gasteiger partial charge is 0.267 e. The van der Waals surface area contributed by atoms with Crippen LogP contribution in [0.15, 0.2) is 0 Å². The molecule has 0 amide bonds. The second-order valence-corrected chi connectivity index (χ2v) is 7.07. The van der Waals surface area contributed by atoms with Crippen molar-refractivity contribution in [3.8, 4) is 0 Å². The lowest BCUT2D eigenvalue weighted by molar-refractivity contribution is 0.147. The minimum Gasteiger partial charge on any atom is -0.393 e. The van der Waals surface area contributed by atoms with Crippen molar-refractivity contribution in [1.29, 1.82) is 0 Å². The van der Waals surface area contributed by atoms with E-state index in [1.165, 1.54) is 0 Å². The molecule has 0 radical (unpaired) electrons. The number of aliphatic hydroxyl groups excluding tert-OH is 1. The summed E-state index contributed by atoms with van der Waals surface area (Å²) in [5, 5.41) is 9.06. The highest BCUT2D eigenvalue weighted by Gasteiger charge is 2.25. The second kappa shape index (κ2) is 10.6. The van der Waals surface area contributed by atoms with E-state index in [0.717, 1.165) is 44.9 Å². The molecule has 0 saturated heterocycles. The molecular weight excluding hydrogens is 264 g/mol. The van der Waals surface area contributed by atoms with E-state index in [0.29, 0.717) is 12.8 Å². The zero-order valence-corrected chi connectivity index (χ0v) is 13.2. The van der Waals surface area contributed by atoms with Crippen LogP contribution in [-0.2, 0) is 10.1 Å². The minimum atomic E-state index is -4.04. The first-order valence-corrected chi connectivity index (χ1v) is 9.06. The third-order valence-corrected chi connectivity index (χ3v) is 4.75. The van der Waals surface area contributed by atoms with Crippen molar-refractivity contribution in [1.82, 2.24) is 0 Å². The Morgan fingerprint density at radius 1 is 0.895 bits per heavy atom. The zero-order chi connectivity index (χ0) is 14.7. The molecule has 0 spiro atoms. The monoisotopic (exact) mass is 294 g/mol. The molecule has 4 nitrogen and oxygen atoms in total. The summed E-state index contributed by atoms with van der Waals surface area (Å²) in [5.41, 5.74) is 0. The molecule has 0 aromatic carbocycles. The Labute approximate surface area is 118 Å². The molecule has 19 heavy (non-hydrogen) atoms. The summed E-state index contributed by atoms with van der Waals surface area (Å²) in [6.45, 7) is 4.17. The SMILES string of the molecule is CCCCCCC(O)CC(CCCCC)S(=O)(=O)O. The van der Waals surface area contributed by atoms with Gasteiger partial charge in [-0.15, -0.1) is 0 Å². The van der Waals surface area contributed by atoms with Crippen LogP contribution in [0.2, 0.25) is 0 Å². The highest BCUT2D eigenvalue weighted by molar-refractivity contribution is 7.86. The van der Waals surface area contributed by atoms with Gasteiger partial charge in [-0.1, -0.05) is 58.8 Å². The molecule has 2 N–H and O–H groups in total. The van der Waals surface area contributed by atoms with Gasteiger partial charge in [-0.3, -0.25) is 4.55 Å². The summed E-state index contributed by atoms with van der Waals surface area (Å²) >= 11 is 0. The first kappa shape index (κ1) is 18.9. The Balaban J connectivity index is 4.09. The summed E-state index contributed by atoms with van der Waals surface area (Å²) in [6, 6.07) is 0. The molecule has 0 aliphatic rings. The van der Waals surface area contributed by atoms with Crippen LogP contribution in [0.25, 0.3) is 0 Å². The summed E-state index contributed by atoms with van der Waals surface area (Å²) in [4.78, 5) is 0. The van der Waals surface area contributed by atoms with E-state index in [9.17, 15) is 18.1 Å². The van der Waals surface area contributed by atoms with Crippen molar-refractivity contribution < 1.29 is 18.1 Å². The molecular formula is C14H30O4S. The van der Waals surface area contributed by atoms with Crippen molar-refractivity contribution in [3.63, 3.8) is 0 Å². The van der Waals surface area contributed by atoms with E-state index in [4.69, 9.17) is 0 Å². The molecule has 0 aliphatic heterocycles. The van der Waals surface area contributed by atoms with Gasteiger partial charge in [0.1, 0.15) is 0 Å². The molecule has 0 fully saturated rings. The third-order valence-electron chi connectivity index (χ3n) is 3.48. The second-order valence-electron chi connectivity index (χ2n) is 5.37. The fraction of sp³-hybridized carbons (Fsp3) is 1.00. The van der Waals surface area contributed by atoms with Gasteiger partial charge < -0.3 is 5.11 Å². The van der Waals surface area contributed by atoms with Crippen LogP contribution in [0.4, 0.5) is 0 Å². The fourth-order valence-corrected chi connectivity index (χ4v) is 3.17. The highest BCUT2D eigenvalue weighted by atomic mass is 32.2. The first-order valence-electron chi connectivity index (χ1n) is 7.56. The molecule has 0 heterocycles. The average molecular weight is 294 g/mol. The summed E-state index contributed by atoms with van der Waals surface area (Å²) in [7, 11) is -4.04. The van der Waals surface area contributed by atoms with Crippen LogP contribution in [0.3, 0.4) is 0 Å². The van der Waals surface area contributed by atoms with E-state index < -0.39 is 21.5 Å². The van der Waals surface area contributed by atoms with Gasteiger partial charge in [0.05, 0.1) is 11.4 Å². The average Bonchev–Trinajstić information content (AvgIpc) is 2.32. The summed E-state index contributed by atoms with van der Waals surface area (Å²) in [5.74, 6) is 0. The van der Waals surface area contributed by atoms with E-state index in [1.807, 2.05) is 6.92 Å². The number of unbranched alkanes of at least 4 members (excludes halogenated alkanes) is 5. The predicted octanol–water partition coefficient (Wildman–Crippen LogP) is 3.54. The van der Waals surface area contributed by atoms with E-state index in [2.05, 4.69) is 6.92 Å². The van der Waals surface area contributed by atoms with Gasteiger partial charge in [-0.05, 0) is 19.3 Å². The van der Waals surface area contributed by atoms with Crippen LogP contribution < -0.4 is 0 Å². The normalized spacial score (nSPS) is 15.4. The molecule has 5 heteroatoms. The maximum Gasteiger partial charge on any atom is 0.267 e. The van der Waals surface area contributed by atoms with E-state index in [1.54, 1.807) is 0 Å². The Hall–Kier alpha value is -0.130. The van der Waals surface area contributed by atoms with Crippen molar-refractivity contribution in [2.24, 2.45) is 0 Å². The van der Waals surface area contributed by atoms with Crippen LogP contribution in [0.5, 0.6) is 0 Å². The molecule has 0 aromatic heterocycles. The molecule has 2 atom stereocenters. The van der Waals surface area contributed by atoms with Crippen molar-refractivity contribution >= 4 is 10.1 Å². The van der Waals surface area contributed by atoms with Crippen LogP contribution in [0, 0.1) is 0 Å². The van der Waals surface area contributed by atoms with Crippen LogP contribution in [-0.4, -0.2) is 29.4 Å². The molecule has 2 unspecified atom stereocenters. The Morgan fingerprint density at radius 3 is 1.95 bits per heavy atom. The van der Waals surface area contributed by atoms with Crippen molar-refractivity contribution in [2.45, 2.75) is 89.4 Å². The van der Waals surface area contributed by atoms with Gasteiger partial charge in [-0.25, -0.2) is 0 Å². The van der Waals surface area contributed by atoms with Gasteiger partial charge in [0.25, 0.3) is 10.1 Å². The lowest BCUT2D eigenvalue weighted by Crippen LogP contribution is -2.26. The van der Waals surface area contributed by atoms with E-state index in [-0.39, 0.29) is 6.42 Å². The maximum atomic E-state index is 11.3. The summed E-state index contributed by atoms with van der Waals surface area (Å²) in [6.07, 6.45) is 7.63. The predicted molar refractivity (Wildman–Crippen MR) is 78.9 cm³/mol. The van der Waals surface area contributed by atoms with Gasteiger partial charge in [0.2, 0.25) is 0 Å². The highest BCUT2D eigenvalue weighted by Crippen LogP contribution is 2.18. The van der Waals surface area contributed by atoms with Gasteiger partial charge >= 0.3 is 0 Å². The standard InChI is InChI=1S/C14H30O4S/c1-3-5-7-9-10-13(15)12-14(19(16,17)18)11-8-6-4-2/h13-15H,3-12H2,1-2H3,(H,16,17,18). The quantitative estimate of drug-likeness (QED) is 0.426. The largest absolute Gasteiger partial charge is 0.393 e. The lowest BCUT2D eigenvalue weighted by Gasteiger charge is -2.17. The van der Waals surface area contributed by atoms with Crippen molar-refractivity contribution in [2.75, 3.05) is 0 Å². The number of hydrogen-bond acceptors (Lipinski definition) is 3. The van der Waals surface area contributed by atoms with Gasteiger partial charge in [-0.2, -0.15) is 8.42 Å². The molecule has 116 valence electrons. The molecule has 0 bridgehead atoms. The Morgan fingerprint density at radius 2 is 1.42 bits per heavy atom. The number of aliphatic hydroxyl groups is 1. The zero-order valence-electron chi connectivity index (χ0n) is 12.3. The minimum absolute atomic E-state index is 0.161. The topological polar surface area (TPSA) is 74.6 Å². The molecule has 0 saturated carbocycles. The number of rotatable bonds is 12. The molecule has 0 rings (SSSR count). The van der Waals surface area contributed by atoms with E-state index >= 15 is 0 Å². The Bertz CT molecular complexity index is 301. The lowest BCUT2D eigenvalue weighted by atomic mass is 10.0. The number of hydrogen-bond donors (Lipinski definition) is 2. The molecule has 0 aromatic rings. The van der Waals surface area contributed by atoms with Crippen molar-refractivity contribution in [3.05, 3.63) is 0 Å². The molecule has 0 aliphatic carbocycles. The Kier molecular flexibility index (Phi) is 10.6. The first-order chi connectivity index (χ1) is 8.91. The van der Waals surface area contributed by atoms with Crippen LogP contribution >= 0.6 is 0 Å². The summed E-state index contributed by atoms with van der Waals surface area (Å²) < 4.78 is 31.8.